The molecule has 0 aromatic rings. The molecule has 2 aliphatic heterocycles. The fourth-order valence-electron chi connectivity index (χ4n) is 3.10. The highest BCUT2D eigenvalue weighted by Crippen LogP contribution is 2.19. The van der Waals surface area contributed by atoms with Gasteiger partial charge in [-0.1, -0.05) is 0 Å². The molecular weight excluding hydrogens is 286 g/mol. The van der Waals surface area contributed by atoms with Crippen molar-refractivity contribution in [3.63, 3.8) is 0 Å². The van der Waals surface area contributed by atoms with Gasteiger partial charge < -0.3 is 23.1 Å². The fraction of sp³-hybridized carbons (Fsp3) is 0.929. The SMILES string of the molecule is CCO[Si](CCCN1CCCN2CCCN=C21)(OC)OC. The standard InChI is InChI=1S/C14H29N3O3Si/c1-4-20-21(18-2,19-3)13-7-12-17-11-6-10-16-9-5-8-15-14(16)17/h4-13H2,1-3H3. The lowest BCUT2D eigenvalue weighted by Crippen LogP contribution is -2.53. The van der Waals surface area contributed by atoms with E-state index >= 15 is 0 Å². The molecule has 2 aliphatic rings. The molecule has 0 amide bonds. The van der Waals surface area contributed by atoms with Crippen molar-refractivity contribution in [2.45, 2.75) is 32.2 Å². The largest absolute Gasteiger partial charge is 0.500 e. The van der Waals surface area contributed by atoms with E-state index < -0.39 is 8.80 Å². The van der Waals surface area contributed by atoms with Gasteiger partial charge in [-0.2, -0.15) is 0 Å². The minimum absolute atomic E-state index is 0.637. The Kier molecular flexibility index (Phi) is 6.47. The minimum atomic E-state index is -2.45. The summed E-state index contributed by atoms with van der Waals surface area (Å²) in [5.74, 6) is 1.20. The van der Waals surface area contributed by atoms with Crippen molar-refractivity contribution in [3.05, 3.63) is 0 Å². The van der Waals surface area contributed by atoms with E-state index in [1.807, 2.05) is 6.92 Å². The van der Waals surface area contributed by atoms with Gasteiger partial charge >= 0.3 is 8.80 Å². The molecule has 2 heterocycles. The Morgan fingerprint density at radius 1 is 1.14 bits per heavy atom. The molecule has 6 nitrogen and oxygen atoms in total. The lowest BCUT2D eigenvalue weighted by molar-refractivity contribution is 0.102. The Labute approximate surface area is 129 Å². The average molecular weight is 315 g/mol. The Hall–Kier alpha value is -0.633. The highest BCUT2D eigenvalue weighted by atomic mass is 28.4. The van der Waals surface area contributed by atoms with Gasteiger partial charge in [0.05, 0.1) is 0 Å². The molecule has 1 fully saturated rings. The van der Waals surface area contributed by atoms with Crippen molar-refractivity contribution in [1.82, 2.24) is 9.80 Å². The third kappa shape index (κ3) is 4.18. The van der Waals surface area contributed by atoms with Crippen LogP contribution in [-0.2, 0) is 13.3 Å². The molecule has 1 saturated heterocycles. The molecule has 0 bridgehead atoms. The molecule has 0 atom stereocenters. The Balaban J connectivity index is 1.85. The Morgan fingerprint density at radius 3 is 2.62 bits per heavy atom. The summed E-state index contributed by atoms with van der Waals surface area (Å²) in [6, 6.07) is 0.859. The van der Waals surface area contributed by atoms with Crippen LogP contribution in [0, 0.1) is 0 Å². The van der Waals surface area contributed by atoms with E-state index in [0.29, 0.717) is 6.61 Å². The monoisotopic (exact) mass is 315 g/mol. The smallest absolute Gasteiger partial charge is 0.377 e. The summed E-state index contributed by atoms with van der Waals surface area (Å²) in [5, 5.41) is 0. The Morgan fingerprint density at radius 2 is 1.90 bits per heavy atom. The van der Waals surface area contributed by atoms with Crippen molar-refractivity contribution >= 4 is 14.8 Å². The van der Waals surface area contributed by atoms with Crippen LogP contribution in [0.2, 0.25) is 6.04 Å². The quantitative estimate of drug-likeness (QED) is 0.634. The third-order valence-electron chi connectivity index (χ3n) is 4.16. The molecule has 0 radical (unpaired) electrons. The Bertz CT molecular complexity index is 350. The maximum Gasteiger partial charge on any atom is 0.500 e. The molecule has 0 aromatic carbocycles. The van der Waals surface area contributed by atoms with Crippen LogP contribution >= 0.6 is 0 Å². The van der Waals surface area contributed by atoms with Crippen LogP contribution in [0.25, 0.3) is 0 Å². The first-order chi connectivity index (χ1) is 10.2. The number of hydrogen-bond acceptors (Lipinski definition) is 6. The molecule has 7 heteroatoms. The summed E-state index contributed by atoms with van der Waals surface area (Å²) >= 11 is 0. The minimum Gasteiger partial charge on any atom is -0.377 e. The molecular formula is C14H29N3O3Si. The summed E-state index contributed by atoms with van der Waals surface area (Å²) in [6.45, 7) is 8.02. The van der Waals surface area contributed by atoms with E-state index in [2.05, 4.69) is 9.80 Å². The predicted octanol–water partition coefficient (Wildman–Crippen LogP) is 1.41. The van der Waals surface area contributed by atoms with Crippen LogP contribution in [0.4, 0.5) is 0 Å². The van der Waals surface area contributed by atoms with Crippen molar-refractivity contribution in [2.24, 2.45) is 4.99 Å². The first-order valence-corrected chi connectivity index (χ1v) is 9.96. The van der Waals surface area contributed by atoms with E-state index in [9.17, 15) is 0 Å². The number of rotatable bonds is 8. The number of guanidine groups is 1. The number of fused-ring (bicyclic) bond motifs is 1. The maximum atomic E-state index is 5.76. The van der Waals surface area contributed by atoms with E-state index in [1.165, 1.54) is 18.8 Å². The van der Waals surface area contributed by atoms with E-state index in [1.54, 1.807) is 14.2 Å². The van der Waals surface area contributed by atoms with Crippen LogP contribution in [0.1, 0.15) is 26.2 Å². The van der Waals surface area contributed by atoms with Gasteiger partial charge in [-0.15, -0.1) is 0 Å². The summed E-state index contributed by atoms with van der Waals surface area (Å²) < 4.78 is 16.9. The van der Waals surface area contributed by atoms with E-state index in [0.717, 1.165) is 45.2 Å². The molecule has 0 saturated carbocycles. The van der Waals surface area contributed by atoms with Gasteiger partial charge in [0.15, 0.2) is 5.96 Å². The van der Waals surface area contributed by atoms with Gasteiger partial charge in [0.1, 0.15) is 0 Å². The van der Waals surface area contributed by atoms with Crippen molar-refractivity contribution < 1.29 is 13.3 Å². The van der Waals surface area contributed by atoms with Crippen LogP contribution < -0.4 is 0 Å². The summed E-state index contributed by atoms with van der Waals surface area (Å²) in [7, 11) is 0.936. The second-order valence-electron chi connectivity index (χ2n) is 5.49. The second-order valence-corrected chi connectivity index (χ2v) is 8.46. The molecule has 0 spiro atoms. The van der Waals surface area contributed by atoms with Gasteiger partial charge in [-0.25, -0.2) is 0 Å². The summed E-state index contributed by atoms with van der Waals surface area (Å²) in [6.07, 6.45) is 3.42. The first kappa shape index (κ1) is 16.7. The molecule has 0 unspecified atom stereocenters. The molecule has 21 heavy (non-hydrogen) atoms. The summed E-state index contributed by atoms with van der Waals surface area (Å²) in [5.41, 5.74) is 0. The van der Waals surface area contributed by atoms with Crippen LogP contribution in [-0.4, -0.2) is 78.1 Å². The second kappa shape index (κ2) is 8.12. The highest BCUT2D eigenvalue weighted by Gasteiger charge is 2.38. The van der Waals surface area contributed by atoms with Crippen LogP contribution in [0.3, 0.4) is 0 Å². The van der Waals surface area contributed by atoms with E-state index in [-0.39, 0.29) is 0 Å². The zero-order valence-corrected chi connectivity index (χ0v) is 14.6. The number of nitrogens with zero attached hydrogens (tertiary/aromatic N) is 3. The molecule has 0 aromatic heterocycles. The molecule has 0 aliphatic carbocycles. The van der Waals surface area contributed by atoms with Crippen molar-refractivity contribution in [3.8, 4) is 0 Å². The average Bonchev–Trinajstić information content (AvgIpc) is 2.54. The molecule has 0 N–H and O–H groups in total. The van der Waals surface area contributed by atoms with Crippen molar-refractivity contribution in [1.29, 1.82) is 0 Å². The lowest BCUT2D eigenvalue weighted by Gasteiger charge is -2.41. The zero-order chi connectivity index (χ0) is 15.1. The van der Waals surface area contributed by atoms with Gasteiger partial charge in [0.2, 0.25) is 0 Å². The first-order valence-electron chi connectivity index (χ1n) is 8.03. The number of hydrogen-bond donors (Lipinski definition) is 0. The fourth-order valence-corrected chi connectivity index (χ4v) is 5.09. The third-order valence-corrected chi connectivity index (χ3v) is 7.10. The van der Waals surface area contributed by atoms with Gasteiger partial charge in [-0.3, -0.25) is 4.99 Å². The number of aliphatic imine (C=N–C) groups is 1. The van der Waals surface area contributed by atoms with Crippen LogP contribution in [0.5, 0.6) is 0 Å². The zero-order valence-electron chi connectivity index (χ0n) is 13.6. The summed E-state index contributed by atoms with van der Waals surface area (Å²) in [4.78, 5) is 9.55. The van der Waals surface area contributed by atoms with Gasteiger partial charge in [0.25, 0.3) is 0 Å². The topological polar surface area (TPSA) is 46.5 Å². The highest BCUT2D eigenvalue weighted by molar-refractivity contribution is 6.60. The molecule has 122 valence electrons. The predicted molar refractivity (Wildman–Crippen MR) is 85.5 cm³/mol. The lowest BCUT2D eigenvalue weighted by atomic mass is 10.2. The van der Waals surface area contributed by atoms with Crippen molar-refractivity contribution in [2.75, 3.05) is 53.6 Å². The maximum absolute atomic E-state index is 5.76. The molecule has 2 rings (SSSR count). The van der Waals surface area contributed by atoms with E-state index in [4.69, 9.17) is 18.3 Å². The van der Waals surface area contributed by atoms with Crippen LogP contribution in [0.15, 0.2) is 4.99 Å². The van der Waals surface area contributed by atoms with Gasteiger partial charge in [-0.05, 0) is 26.2 Å². The normalized spacial score (nSPS) is 19.5. The van der Waals surface area contributed by atoms with Gasteiger partial charge in [0, 0.05) is 59.6 Å².